The van der Waals surface area contributed by atoms with Gasteiger partial charge in [-0.3, -0.25) is 0 Å². The zero-order chi connectivity index (χ0) is 14.9. The van der Waals surface area contributed by atoms with Crippen LogP contribution < -0.4 is 5.73 Å². The number of nitrogens with two attached hydrogens (primary N) is 1. The van der Waals surface area contributed by atoms with Crippen LogP contribution in [0.25, 0.3) is 0 Å². The summed E-state index contributed by atoms with van der Waals surface area (Å²) in [4.78, 5) is 0.206. The van der Waals surface area contributed by atoms with Crippen LogP contribution in [0.5, 0.6) is 0 Å². The van der Waals surface area contributed by atoms with Crippen LogP contribution in [0.4, 0.5) is 10.1 Å². The van der Waals surface area contributed by atoms with Gasteiger partial charge in [0, 0.05) is 5.69 Å². The molecule has 0 atom stereocenters. The maximum absolute atomic E-state index is 13.2. The van der Waals surface area contributed by atoms with Crippen LogP contribution in [-0.2, 0) is 15.6 Å². The standard InChI is InChI=1S/C14H13BrFNO2S/c1-9-2-4-11(17)7-14(9)20(18,19)8-10-3-5-13(16)12(15)6-10/h2-7H,8,17H2,1H3. The van der Waals surface area contributed by atoms with E-state index in [9.17, 15) is 12.8 Å². The molecule has 0 aliphatic carbocycles. The topological polar surface area (TPSA) is 60.2 Å². The van der Waals surface area contributed by atoms with Crippen molar-refractivity contribution in [3.63, 3.8) is 0 Å². The number of halogens is 2. The zero-order valence-electron chi connectivity index (χ0n) is 10.7. The third-order valence-electron chi connectivity index (χ3n) is 2.89. The fourth-order valence-electron chi connectivity index (χ4n) is 1.88. The number of anilines is 1. The molecule has 0 amide bonds. The molecule has 0 fully saturated rings. The Labute approximate surface area is 125 Å². The Morgan fingerprint density at radius 2 is 1.90 bits per heavy atom. The first-order valence-corrected chi connectivity index (χ1v) is 8.27. The van der Waals surface area contributed by atoms with Gasteiger partial charge in [-0.25, -0.2) is 12.8 Å². The van der Waals surface area contributed by atoms with Crippen LogP contribution in [0.2, 0.25) is 0 Å². The van der Waals surface area contributed by atoms with E-state index in [0.717, 1.165) is 0 Å². The van der Waals surface area contributed by atoms with Gasteiger partial charge >= 0.3 is 0 Å². The van der Waals surface area contributed by atoms with Gasteiger partial charge in [-0.15, -0.1) is 0 Å². The first-order valence-electron chi connectivity index (χ1n) is 5.82. The fourth-order valence-corrected chi connectivity index (χ4v) is 3.95. The highest BCUT2D eigenvalue weighted by Crippen LogP contribution is 2.24. The molecule has 2 rings (SSSR count). The molecule has 0 radical (unpaired) electrons. The van der Waals surface area contributed by atoms with Crippen LogP contribution in [0.15, 0.2) is 45.8 Å². The summed E-state index contributed by atoms with van der Waals surface area (Å²) in [5.41, 5.74) is 7.19. The number of aryl methyl sites for hydroxylation is 1. The van der Waals surface area contributed by atoms with Crippen LogP contribution in [0.3, 0.4) is 0 Å². The number of benzene rings is 2. The van der Waals surface area contributed by atoms with Gasteiger partial charge in [0.25, 0.3) is 0 Å². The summed E-state index contributed by atoms with van der Waals surface area (Å²) in [6.07, 6.45) is 0. The summed E-state index contributed by atoms with van der Waals surface area (Å²) >= 11 is 3.05. The molecule has 0 heterocycles. The normalized spacial score (nSPS) is 11.6. The summed E-state index contributed by atoms with van der Waals surface area (Å²) in [5.74, 6) is -0.623. The lowest BCUT2D eigenvalue weighted by molar-refractivity contribution is 0.594. The predicted octanol–water partition coefficient (Wildman–Crippen LogP) is 3.45. The third kappa shape index (κ3) is 3.19. The lowest BCUT2D eigenvalue weighted by atomic mass is 10.2. The average Bonchev–Trinajstić information content (AvgIpc) is 2.36. The molecule has 0 aliphatic rings. The summed E-state index contributed by atoms with van der Waals surface area (Å²) in [5, 5.41) is 0. The molecule has 3 nitrogen and oxygen atoms in total. The lowest BCUT2D eigenvalue weighted by Crippen LogP contribution is -2.07. The fraction of sp³-hybridized carbons (Fsp3) is 0.143. The van der Waals surface area contributed by atoms with Crippen molar-refractivity contribution in [1.29, 1.82) is 0 Å². The summed E-state index contributed by atoms with van der Waals surface area (Å²) in [7, 11) is -3.52. The Bertz CT molecular complexity index is 760. The molecule has 2 aromatic carbocycles. The molecular formula is C14H13BrFNO2S. The van der Waals surface area contributed by atoms with E-state index < -0.39 is 15.7 Å². The average molecular weight is 358 g/mol. The van der Waals surface area contributed by atoms with Gasteiger partial charge in [-0.2, -0.15) is 0 Å². The monoisotopic (exact) mass is 357 g/mol. The number of rotatable bonds is 3. The Morgan fingerprint density at radius 3 is 2.55 bits per heavy atom. The molecule has 20 heavy (non-hydrogen) atoms. The van der Waals surface area contributed by atoms with E-state index >= 15 is 0 Å². The first kappa shape index (κ1) is 15.0. The van der Waals surface area contributed by atoms with E-state index in [1.807, 2.05) is 0 Å². The predicted molar refractivity (Wildman–Crippen MR) is 80.6 cm³/mol. The van der Waals surface area contributed by atoms with Gasteiger partial charge in [0.05, 0.1) is 15.1 Å². The van der Waals surface area contributed by atoms with Gasteiger partial charge in [0.2, 0.25) is 0 Å². The van der Waals surface area contributed by atoms with Crippen molar-refractivity contribution in [3.8, 4) is 0 Å². The smallest absolute Gasteiger partial charge is 0.182 e. The Morgan fingerprint density at radius 1 is 1.20 bits per heavy atom. The maximum atomic E-state index is 13.2. The highest BCUT2D eigenvalue weighted by atomic mass is 79.9. The Balaban J connectivity index is 2.40. The second-order valence-corrected chi connectivity index (χ2v) is 7.34. The molecule has 0 unspecified atom stereocenters. The van der Waals surface area contributed by atoms with Crippen molar-refractivity contribution < 1.29 is 12.8 Å². The molecule has 0 aromatic heterocycles. The Kier molecular flexibility index (Phi) is 4.15. The zero-order valence-corrected chi connectivity index (χ0v) is 13.1. The second-order valence-electron chi connectivity index (χ2n) is 4.53. The third-order valence-corrected chi connectivity index (χ3v) is 5.32. The number of hydrogen-bond acceptors (Lipinski definition) is 3. The number of sulfone groups is 1. The molecular weight excluding hydrogens is 345 g/mol. The Hall–Kier alpha value is -1.40. The van der Waals surface area contributed by atoms with Crippen molar-refractivity contribution in [2.45, 2.75) is 17.6 Å². The minimum absolute atomic E-state index is 0.198. The van der Waals surface area contributed by atoms with Crippen LogP contribution >= 0.6 is 15.9 Å². The molecule has 2 N–H and O–H groups in total. The van der Waals surface area contributed by atoms with Crippen LogP contribution in [-0.4, -0.2) is 8.42 Å². The molecule has 6 heteroatoms. The summed E-state index contributed by atoms with van der Waals surface area (Å²) < 4.78 is 38.2. The molecule has 106 valence electrons. The molecule has 0 saturated carbocycles. The SMILES string of the molecule is Cc1ccc(N)cc1S(=O)(=O)Cc1ccc(F)c(Br)c1. The lowest BCUT2D eigenvalue weighted by Gasteiger charge is -2.09. The van der Waals surface area contributed by atoms with E-state index in [2.05, 4.69) is 15.9 Å². The molecule has 0 aliphatic heterocycles. The van der Waals surface area contributed by atoms with E-state index in [1.54, 1.807) is 19.1 Å². The van der Waals surface area contributed by atoms with E-state index in [0.29, 0.717) is 16.8 Å². The number of hydrogen-bond donors (Lipinski definition) is 1. The number of nitrogen functional groups attached to an aromatic ring is 1. The van der Waals surface area contributed by atoms with Gasteiger partial charge in [0.15, 0.2) is 9.84 Å². The van der Waals surface area contributed by atoms with Gasteiger partial charge < -0.3 is 5.73 Å². The van der Waals surface area contributed by atoms with E-state index in [-0.39, 0.29) is 15.1 Å². The van der Waals surface area contributed by atoms with E-state index in [4.69, 9.17) is 5.73 Å². The second kappa shape index (κ2) is 5.54. The van der Waals surface area contributed by atoms with Crippen molar-refractivity contribution >= 4 is 31.5 Å². The van der Waals surface area contributed by atoms with Crippen LogP contribution in [0, 0.1) is 12.7 Å². The minimum Gasteiger partial charge on any atom is -0.399 e. The highest BCUT2D eigenvalue weighted by Gasteiger charge is 2.18. The molecule has 0 saturated heterocycles. The van der Waals surface area contributed by atoms with Crippen molar-refractivity contribution in [1.82, 2.24) is 0 Å². The van der Waals surface area contributed by atoms with Crippen molar-refractivity contribution in [2.75, 3.05) is 5.73 Å². The minimum atomic E-state index is -3.52. The molecule has 2 aromatic rings. The summed E-state index contributed by atoms with van der Waals surface area (Å²) in [6.45, 7) is 1.72. The molecule has 0 bridgehead atoms. The maximum Gasteiger partial charge on any atom is 0.182 e. The van der Waals surface area contributed by atoms with Crippen LogP contribution in [0.1, 0.15) is 11.1 Å². The first-order chi connectivity index (χ1) is 9.29. The summed E-state index contributed by atoms with van der Waals surface area (Å²) in [6, 6.07) is 8.93. The van der Waals surface area contributed by atoms with Crippen molar-refractivity contribution in [3.05, 3.63) is 57.8 Å². The van der Waals surface area contributed by atoms with E-state index in [1.165, 1.54) is 24.3 Å². The quantitative estimate of drug-likeness (QED) is 0.855. The van der Waals surface area contributed by atoms with Crippen molar-refractivity contribution in [2.24, 2.45) is 0 Å². The van der Waals surface area contributed by atoms with Gasteiger partial charge in [0.1, 0.15) is 5.82 Å². The van der Waals surface area contributed by atoms with Gasteiger partial charge in [-0.05, 0) is 58.2 Å². The largest absolute Gasteiger partial charge is 0.399 e. The van der Waals surface area contributed by atoms with Gasteiger partial charge in [-0.1, -0.05) is 12.1 Å². The highest BCUT2D eigenvalue weighted by molar-refractivity contribution is 9.10. The molecule has 0 spiro atoms.